The molecule has 0 amide bonds. The summed E-state index contributed by atoms with van der Waals surface area (Å²) in [6.45, 7) is 0. The van der Waals surface area contributed by atoms with E-state index >= 15 is 0 Å². The molecule has 0 saturated heterocycles. The van der Waals surface area contributed by atoms with Gasteiger partial charge >= 0.3 is 0 Å². The molecule has 2 aliphatic rings. The second kappa shape index (κ2) is 7.83. The van der Waals surface area contributed by atoms with Crippen LogP contribution < -0.4 is 14.8 Å². The van der Waals surface area contributed by atoms with Crippen molar-refractivity contribution in [1.29, 1.82) is 0 Å². The molecular weight excluding hydrogens is 459 g/mol. The van der Waals surface area contributed by atoms with Gasteiger partial charge in [0, 0.05) is 21.2 Å². The first-order valence-electron chi connectivity index (χ1n) is 10.4. The van der Waals surface area contributed by atoms with Crippen molar-refractivity contribution in [2.24, 2.45) is 0 Å². The highest BCUT2D eigenvalue weighted by molar-refractivity contribution is 6.31. The molecular formula is C25H18Cl2N4O2. The summed E-state index contributed by atoms with van der Waals surface area (Å²) in [4.78, 5) is 4.45. The Morgan fingerprint density at radius 1 is 0.939 bits per heavy atom. The average molecular weight is 477 g/mol. The number of aromatic nitrogens is 3. The summed E-state index contributed by atoms with van der Waals surface area (Å²) in [5, 5.41) is 9.31. The number of anilines is 1. The fraction of sp³-hybridized carbons (Fsp3) is 0.120. The zero-order valence-corrected chi connectivity index (χ0v) is 19.0. The number of nitrogens with one attached hydrogen (secondary N) is 1. The van der Waals surface area contributed by atoms with Crippen LogP contribution in [0, 0.1) is 0 Å². The summed E-state index contributed by atoms with van der Waals surface area (Å²) >= 11 is 12.6. The third kappa shape index (κ3) is 3.34. The van der Waals surface area contributed by atoms with E-state index in [1.807, 2.05) is 71.4 Å². The highest BCUT2D eigenvalue weighted by atomic mass is 35.5. The minimum atomic E-state index is -0.370. The fourth-order valence-corrected chi connectivity index (χ4v) is 4.76. The summed E-state index contributed by atoms with van der Waals surface area (Å²) in [6.07, 6.45) is 1.18. The Kier molecular flexibility index (Phi) is 4.78. The Morgan fingerprint density at radius 3 is 2.42 bits per heavy atom. The lowest BCUT2D eigenvalue weighted by molar-refractivity contribution is 0.223. The van der Waals surface area contributed by atoms with Crippen LogP contribution in [0.25, 0.3) is 5.70 Å². The second-order valence-corrected chi connectivity index (χ2v) is 8.72. The van der Waals surface area contributed by atoms with Gasteiger partial charge in [-0.15, -0.1) is 0 Å². The van der Waals surface area contributed by atoms with Gasteiger partial charge in [-0.2, -0.15) is 10.1 Å². The SMILES string of the molecule is COc1ccc(C2Oc3ccc(Cl)cc3C3=C2C(c2ccc(Cl)cc2)n2ncnc2N3)cc1. The molecule has 6 rings (SSSR count). The molecule has 0 radical (unpaired) electrons. The molecule has 3 heterocycles. The van der Waals surface area contributed by atoms with E-state index in [4.69, 9.17) is 32.7 Å². The highest BCUT2D eigenvalue weighted by Gasteiger charge is 2.41. The Hall–Kier alpha value is -3.48. The number of benzene rings is 3. The number of nitrogens with zero attached hydrogens (tertiary/aromatic N) is 3. The number of methoxy groups -OCH3 is 1. The Bertz CT molecular complexity index is 1380. The normalized spacial score (nSPS) is 18.5. The molecule has 0 aliphatic carbocycles. The Labute approximate surface area is 200 Å². The first-order chi connectivity index (χ1) is 16.1. The maximum absolute atomic E-state index is 6.60. The van der Waals surface area contributed by atoms with E-state index in [9.17, 15) is 0 Å². The quantitative estimate of drug-likeness (QED) is 0.383. The predicted octanol–water partition coefficient (Wildman–Crippen LogP) is 6.15. The van der Waals surface area contributed by atoms with Crippen molar-refractivity contribution >= 4 is 34.8 Å². The minimum absolute atomic E-state index is 0.254. The van der Waals surface area contributed by atoms with Crippen LogP contribution in [0.3, 0.4) is 0 Å². The lowest BCUT2D eigenvalue weighted by atomic mass is 9.84. The van der Waals surface area contributed by atoms with Gasteiger partial charge in [-0.05, 0) is 53.6 Å². The summed E-state index contributed by atoms with van der Waals surface area (Å²) < 4.78 is 13.8. The summed E-state index contributed by atoms with van der Waals surface area (Å²) in [5.41, 5.74) is 4.83. The van der Waals surface area contributed by atoms with Crippen molar-refractivity contribution in [2.45, 2.75) is 12.1 Å². The number of hydrogen-bond acceptors (Lipinski definition) is 5. The third-order valence-electron chi connectivity index (χ3n) is 5.98. The van der Waals surface area contributed by atoms with Crippen molar-refractivity contribution < 1.29 is 9.47 Å². The average Bonchev–Trinajstić information content (AvgIpc) is 3.31. The van der Waals surface area contributed by atoms with Gasteiger partial charge in [0.1, 0.15) is 30.0 Å². The van der Waals surface area contributed by atoms with Gasteiger partial charge < -0.3 is 14.8 Å². The van der Waals surface area contributed by atoms with E-state index in [0.29, 0.717) is 16.0 Å². The van der Waals surface area contributed by atoms with Gasteiger partial charge in [0.2, 0.25) is 5.95 Å². The van der Waals surface area contributed by atoms with Crippen LogP contribution in [0.5, 0.6) is 11.5 Å². The molecule has 6 nitrogen and oxygen atoms in total. The van der Waals surface area contributed by atoms with Crippen molar-refractivity contribution in [3.8, 4) is 11.5 Å². The summed E-state index contributed by atoms with van der Waals surface area (Å²) in [6, 6.07) is 21.1. The first kappa shape index (κ1) is 20.1. The number of hydrogen-bond donors (Lipinski definition) is 1. The smallest absolute Gasteiger partial charge is 0.226 e. The molecule has 1 aromatic heterocycles. The minimum Gasteiger partial charge on any atom is -0.497 e. The van der Waals surface area contributed by atoms with E-state index in [1.165, 1.54) is 0 Å². The van der Waals surface area contributed by atoms with Crippen molar-refractivity contribution in [1.82, 2.24) is 14.8 Å². The Balaban J connectivity index is 1.61. The largest absolute Gasteiger partial charge is 0.497 e. The van der Waals surface area contributed by atoms with E-state index in [0.717, 1.165) is 39.5 Å². The molecule has 8 heteroatoms. The van der Waals surface area contributed by atoms with E-state index in [-0.39, 0.29) is 12.1 Å². The molecule has 0 spiro atoms. The number of halogens is 2. The van der Waals surface area contributed by atoms with Crippen LogP contribution in [-0.4, -0.2) is 21.9 Å². The summed E-state index contributed by atoms with van der Waals surface area (Å²) in [5.74, 6) is 2.18. The molecule has 164 valence electrons. The van der Waals surface area contributed by atoms with Gasteiger partial charge in [0.25, 0.3) is 0 Å². The third-order valence-corrected chi connectivity index (χ3v) is 6.47. The lowest BCUT2D eigenvalue weighted by Gasteiger charge is -2.39. The van der Waals surface area contributed by atoms with Gasteiger partial charge in [0.15, 0.2) is 0 Å². The van der Waals surface area contributed by atoms with Gasteiger partial charge in [-0.3, -0.25) is 0 Å². The van der Waals surface area contributed by atoms with Gasteiger partial charge in [-0.1, -0.05) is 47.5 Å². The van der Waals surface area contributed by atoms with E-state index < -0.39 is 0 Å². The molecule has 2 unspecified atom stereocenters. The van der Waals surface area contributed by atoms with Crippen LogP contribution in [0.15, 0.2) is 78.6 Å². The Morgan fingerprint density at radius 2 is 1.67 bits per heavy atom. The van der Waals surface area contributed by atoms with Crippen LogP contribution >= 0.6 is 23.2 Å². The maximum Gasteiger partial charge on any atom is 0.226 e. The standard InChI is InChI=1S/C25H18Cl2N4O2/c1-32-18-9-4-15(5-10-18)24-21-22(19-12-17(27)8-11-20(19)33-24)30-25-28-13-29-31(25)23(21)14-2-6-16(26)7-3-14/h2-13,23-24H,1H3,(H,28,29,30). The topological polar surface area (TPSA) is 61.2 Å². The molecule has 2 aliphatic heterocycles. The molecule has 4 aromatic rings. The number of ether oxygens (including phenoxy) is 2. The fourth-order valence-electron chi connectivity index (χ4n) is 4.46. The molecule has 2 atom stereocenters. The van der Waals surface area contributed by atoms with Crippen LogP contribution in [0.2, 0.25) is 10.0 Å². The number of fused-ring (bicyclic) bond motifs is 3. The van der Waals surface area contributed by atoms with E-state index in [2.05, 4.69) is 15.4 Å². The highest BCUT2D eigenvalue weighted by Crippen LogP contribution is 2.51. The number of rotatable bonds is 3. The van der Waals surface area contributed by atoms with Crippen LogP contribution in [0.4, 0.5) is 5.95 Å². The first-order valence-corrected chi connectivity index (χ1v) is 11.1. The molecule has 0 fully saturated rings. The van der Waals surface area contributed by atoms with Gasteiger partial charge in [0.05, 0.1) is 12.8 Å². The van der Waals surface area contributed by atoms with Crippen LogP contribution in [-0.2, 0) is 0 Å². The van der Waals surface area contributed by atoms with Crippen molar-refractivity contribution in [2.75, 3.05) is 12.4 Å². The zero-order chi connectivity index (χ0) is 22.5. The molecule has 0 saturated carbocycles. The lowest BCUT2D eigenvalue weighted by Crippen LogP contribution is -2.32. The second-order valence-electron chi connectivity index (χ2n) is 7.85. The molecule has 3 aromatic carbocycles. The van der Waals surface area contributed by atoms with Crippen molar-refractivity contribution in [3.05, 3.63) is 105 Å². The monoisotopic (exact) mass is 476 g/mol. The van der Waals surface area contributed by atoms with Gasteiger partial charge in [-0.25, -0.2) is 4.68 Å². The zero-order valence-electron chi connectivity index (χ0n) is 17.5. The van der Waals surface area contributed by atoms with E-state index in [1.54, 1.807) is 13.4 Å². The van der Waals surface area contributed by atoms with Crippen molar-refractivity contribution in [3.63, 3.8) is 0 Å². The maximum atomic E-state index is 6.60. The molecule has 1 N–H and O–H groups in total. The molecule has 0 bridgehead atoms. The molecule has 33 heavy (non-hydrogen) atoms. The van der Waals surface area contributed by atoms with Crippen LogP contribution in [0.1, 0.15) is 28.8 Å². The predicted molar refractivity (Wildman–Crippen MR) is 128 cm³/mol. The summed E-state index contributed by atoms with van der Waals surface area (Å²) in [7, 11) is 1.65.